The summed E-state index contributed by atoms with van der Waals surface area (Å²) in [6.07, 6.45) is 4.68. The van der Waals surface area contributed by atoms with Gasteiger partial charge < -0.3 is 14.8 Å². The summed E-state index contributed by atoms with van der Waals surface area (Å²) < 4.78 is 28.5. The number of sulfonamides is 1. The number of aryl methyl sites for hydroxylation is 1. The number of amides is 1. The predicted molar refractivity (Wildman–Crippen MR) is 125 cm³/mol. The van der Waals surface area contributed by atoms with Gasteiger partial charge in [-0.15, -0.1) is 0 Å². The summed E-state index contributed by atoms with van der Waals surface area (Å²) in [5, 5.41) is 2.97. The summed E-state index contributed by atoms with van der Waals surface area (Å²) in [6.45, 7) is 2.95. The summed E-state index contributed by atoms with van der Waals surface area (Å²) in [5.74, 6) is -0.252. The highest BCUT2D eigenvalue weighted by molar-refractivity contribution is 7.89. The molecule has 4 rings (SSSR count). The Hall–Kier alpha value is -2.91. The fraction of sp³-hybridized carbons (Fsp3) is 0.391. The number of para-hydroxylation sites is 2. The van der Waals surface area contributed by atoms with Crippen LogP contribution in [0.3, 0.4) is 0 Å². The molecule has 9 heteroatoms. The minimum Gasteiger partial charge on any atom is -0.371 e. The van der Waals surface area contributed by atoms with Crippen LogP contribution in [0.2, 0.25) is 0 Å². The van der Waals surface area contributed by atoms with Crippen molar-refractivity contribution in [3.8, 4) is 0 Å². The van der Waals surface area contributed by atoms with Crippen molar-refractivity contribution in [2.75, 3.05) is 38.6 Å². The van der Waals surface area contributed by atoms with Crippen molar-refractivity contribution in [2.24, 2.45) is 0 Å². The van der Waals surface area contributed by atoms with E-state index in [4.69, 9.17) is 0 Å². The first-order valence-corrected chi connectivity index (χ1v) is 12.3. The highest BCUT2D eigenvalue weighted by atomic mass is 32.2. The maximum absolute atomic E-state index is 13.1. The standard InChI is InChI=1S/C23H29N5O3S/c1-26(2)32(30,31)18-10-11-21(27-13-5-6-14-27)19(16-18)23(29)24-12-7-15-28-17-25-20-8-3-4-9-22(20)28/h3-4,8-11,16-17H,5-7,12-15H2,1-2H3,(H,24,29). The normalized spacial score (nSPS) is 14.4. The minimum absolute atomic E-state index is 0.125. The Morgan fingerprint density at radius 2 is 1.88 bits per heavy atom. The van der Waals surface area contributed by atoms with Crippen LogP contribution in [-0.2, 0) is 16.6 Å². The predicted octanol–water partition coefficient (Wildman–Crippen LogP) is 2.71. The third-order valence-corrected chi connectivity index (χ3v) is 7.64. The van der Waals surface area contributed by atoms with E-state index in [2.05, 4.69) is 19.8 Å². The molecule has 1 saturated heterocycles. The van der Waals surface area contributed by atoms with Crippen LogP contribution in [-0.4, -0.2) is 61.9 Å². The molecule has 1 aliphatic rings. The molecule has 0 spiro atoms. The fourth-order valence-electron chi connectivity index (χ4n) is 4.04. The van der Waals surface area contributed by atoms with Crippen molar-refractivity contribution in [3.05, 3.63) is 54.4 Å². The second-order valence-corrected chi connectivity index (χ2v) is 10.3. The Balaban J connectivity index is 1.48. The Kier molecular flexibility index (Phi) is 6.48. The van der Waals surface area contributed by atoms with Crippen molar-refractivity contribution in [2.45, 2.75) is 30.7 Å². The van der Waals surface area contributed by atoms with Gasteiger partial charge in [0.1, 0.15) is 0 Å². The number of aromatic nitrogens is 2. The number of nitrogens with zero attached hydrogens (tertiary/aromatic N) is 4. The number of rotatable bonds is 8. The Morgan fingerprint density at radius 1 is 1.12 bits per heavy atom. The zero-order valence-corrected chi connectivity index (χ0v) is 19.3. The highest BCUT2D eigenvalue weighted by Gasteiger charge is 2.24. The molecule has 1 fully saturated rings. The summed E-state index contributed by atoms with van der Waals surface area (Å²) in [4.78, 5) is 19.7. The molecule has 0 radical (unpaired) electrons. The largest absolute Gasteiger partial charge is 0.371 e. The first kappa shape index (κ1) is 22.3. The van der Waals surface area contributed by atoms with Gasteiger partial charge in [0.25, 0.3) is 5.91 Å². The van der Waals surface area contributed by atoms with Crippen LogP contribution in [0, 0.1) is 0 Å². The van der Waals surface area contributed by atoms with E-state index < -0.39 is 10.0 Å². The third kappa shape index (κ3) is 4.49. The van der Waals surface area contributed by atoms with E-state index in [9.17, 15) is 13.2 Å². The Morgan fingerprint density at radius 3 is 2.62 bits per heavy atom. The number of fused-ring (bicyclic) bond motifs is 1. The van der Waals surface area contributed by atoms with E-state index in [0.717, 1.165) is 59.9 Å². The lowest BCUT2D eigenvalue weighted by Crippen LogP contribution is -2.29. The number of benzene rings is 2. The average Bonchev–Trinajstić information content (AvgIpc) is 3.46. The van der Waals surface area contributed by atoms with Crippen LogP contribution in [0.4, 0.5) is 5.69 Å². The van der Waals surface area contributed by atoms with Crippen LogP contribution in [0.1, 0.15) is 29.6 Å². The number of imidazole rings is 1. The molecule has 0 unspecified atom stereocenters. The van der Waals surface area contributed by atoms with Crippen LogP contribution < -0.4 is 10.2 Å². The second-order valence-electron chi connectivity index (χ2n) is 8.20. The van der Waals surface area contributed by atoms with Crippen LogP contribution in [0.15, 0.2) is 53.7 Å². The van der Waals surface area contributed by atoms with E-state index in [1.807, 2.05) is 30.6 Å². The molecule has 8 nitrogen and oxygen atoms in total. The average molecular weight is 456 g/mol. The molecule has 0 bridgehead atoms. The summed E-state index contributed by atoms with van der Waals surface area (Å²) >= 11 is 0. The van der Waals surface area contributed by atoms with E-state index >= 15 is 0 Å². The van der Waals surface area contributed by atoms with Gasteiger partial charge >= 0.3 is 0 Å². The SMILES string of the molecule is CN(C)S(=O)(=O)c1ccc(N2CCCC2)c(C(=O)NCCCn2cnc3ccccc32)c1. The summed E-state index contributed by atoms with van der Waals surface area (Å²) in [5.41, 5.74) is 3.21. The first-order valence-electron chi connectivity index (χ1n) is 10.9. The lowest BCUT2D eigenvalue weighted by Gasteiger charge is -2.22. The second kappa shape index (κ2) is 9.30. The van der Waals surface area contributed by atoms with Crippen molar-refractivity contribution >= 4 is 32.7 Å². The lowest BCUT2D eigenvalue weighted by molar-refractivity contribution is 0.0953. The van der Waals surface area contributed by atoms with Gasteiger partial charge in [-0.25, -0.2) is 17.7 Å². The quantitative estimate of drug-likeness (QED) is 0.528. The molecule has 0 saturated carbocycles. The molecule has 32 heavy (non-hydrogen) atoms. The molecular formula is C23H29N5O3S. The van der Waals surface area contributed by atoms with Gasteiger partial charge in [-0.2, -0.15) is 0 Å². The maximum atomic E-state index is 13.1. The number of nitrogens with one attached hydrogen (secondary N) is 1. The van der Waals surface area contributed by atoms with Gasteiger partial charge in [-0.05, 0) is 49.6 Å². The van der Waals surface area contributed by atoms with Gasteiger partial charge in [0.15, 0.2) is 0 Å². The molecule has 170 valence electrons. The van der Waals surface area contributed by atoms with E-state index in [1.165, 1.54) is 20.2 Å². The molecule has 1 N–H and O–H groups in total. The zero-order valence-electron chi connectivity index (χ0n) is 18.5. The molecule has 0 aliphatic carbocycles. The number of anilines is 1. The monoisotopic (exact) mass is 455 g/mol. The van der Waals surface area contributed by atoms with Crippen molar-refractivity contribution in [1.29, 1.82) is 0 Å². The van der Waals surface area contributed by atoms with Gasteiger partial charge in [0, 0.05) is 46.0 Å². The first-order chi connectivity index (χ1) is 15.4. The van der Waals surface area contributed by atoms with Crippen molar-refractivity contribution in [3.63, 3.8) is 0 Å². The third-order valence-electron chi connectivity index (χ3n) is 5.83. The van der Waals surface area contributed by atoms with Crippen molar-refractivity contribution in [1.82, 2.24) is 19.2 Å². The summed E-state index contributed by atoms with van der Waals surface area (Å²) in [7, 11) is -0.646. The van der Waals surface area contributed by atoms with Gasteiger partial charge in [-0.3, -0.25) is 4.79 Å². The van der Waals surface area contributed by atoms with Gasteiger partial charge in [-0.1, -0.05) is 12.1 Å². The van der Waals surface area contributed by atoms with Crippen LogP contribution in [0.25, 0.3) is 11.0 Å². The molecule has 3 aromatic rings. The molecule has 1 aromatic heterocycles. The fourth-order valence-corrected chi connectivity index (χ4v) is 4.97. The topological polar surface area (TPSA) is 87.5 Å². The van der Waals surface area contributed by atoms with Crippen LogP contribution >= 0.6 is 0 Å². The minimum atomic E-state index is -3.62. The Bertz CT molecular complexity index is 1210. The number of carbonyl (C=O) groups excluding carboxylic acids is 1. The number of hydrogen-bond acceptors (Lipinski definition) is 5. The Labute approximate surface area is 188 Å². The number of carbonyl (C=O) groups is 1. The highest BCUT2D eigenvalue weighted by Crippen LogP contribution is 2.28. The zero-order chi connectivity index (χ0) is 22.7. The summed E-state index contributed by atoms with van der Waals surface area (Å²) in [6, 6.07) is 12.8. The molecule has 1 amide bonds. The van der Waals surface area contributed by atoms with Crippen molar-refractivity contribution < 1.29 is 13.2 Å². The van der Waals surface area contributed by atoms with E-state index in [-0.39, 0.29) is 10.8 Å². The molecule has 1 aliphatic heterocycles. The molecule has 2 aromatic carbocycles. The maximum Gasteiger partial charge on any atom is 0.253 e. The van der Waals surface area contributed by atoms with Crippen LogP contribution in [0.5, 0.6) is 0 Å². The lowest BCUT2D eigenvalue weighted by atomic mass is 10.1. The van der Waals surface area contributed by atoms with E-state index in [0.29, 0.717) is 12.1 Å². The molecule has 0 atom stereocenters. The smallest absolute Gasteiger partial charge is 0.253 e. The van der Waals surface area contributed by atoms with Gasteiger partial charge in [0.2, 0.25) is 10.0 Å². The van der Waals surface area contributed by atoms with Gasteiger partial charge in [0.05, 0.1) is 27.8 Å². The molecule has 2 heterocycles. The van der Waals surface area contributed by atoms with E-state index in [1.54, 1.807) is 12.1 Å². The molecular weight excluding hydrogens is 426 g/mol. The number of hydrogen-bond donors (Lipinski definition) is 1.